The smallest absolute Gasteiger partial charge is 0.231 e. The number of benzene rings is 2. The molecule has 1 spiro atoms. The zero-order chi connectivity index (χ0) is 18.3. The number of hydrogen-bond donors (Lipinski definition) is 1. The lowest BCUT2D eigenvalue weighted by Crippen LogP contribution is -2.54. The maximum absolute atomic E-state index is 13.7. The molecule has 7 nitrogen and oxygen atoms in total. The van der Waals surface area contributed by atoms with E-state index in [1.54, 1.807) is 12.1 Å². The summed E-state index contributed by atoms with van der Waals surface area (Å²) in [4.78, 5) is 15.6. The number of fused-ring (bicyclic) bond motifs is 6. The molecule has 6 rings (SSSR count). The molecule has 0 fully saturated rings. The normalized spacial score (nSPS) is 27.2. The zero-order valence-electron chi connectivity index (χ0n) is 14.7. The lowest BCUT2D eigenvalue weighted by Gasteiger charge is -2.44. The van der Waals surface area contributed by atoms with Crippen LogP contribution in [0.5, 0.6) is 23.0 Å². The molecule has 0 aromatic heterocycles. The first-order valence-electron chi connectivity index (χ1n) is 8.92. The topological polar surface area (TPSA) is 77.5 Å². The molecule has 4 aliphatic rings. The van der Waals surface area contributed by atoms with Gasteiger partial charge in [0, 0.05) is 17.7 Å². The van der Waals surface area contributed by atoms with Crippen LogP contribution in [-0.4, -0.2) is 43.0 Å². The molecule has 3 aliphatic heterocycles. The van der Waals surface area contributed by atoms with Crippen molar-refractivity contribution >= 4 is 5.78 Å². The molecule has 0 bridgehead atoms. The number of hydrogen-bond acceptors (Lipinski definition) is 7. The molecule has 1 N–H and O–H groups in total. The fraction of sp³-hybridized carbons (Fsp3) is 0.350. The number of Topliss-reactive ketones (excluding diaryl/α,β-unsaturated/α-hetero) is 1. The molecule has 27 heavy (non-hydrogen) atoms. The van der Waals surface area contributed by atoms with Crippen molar-refractivity contribution in [3.8, 4) is 23.0 Å². The Balaban J connectivity index is 1.63. The van der Waals surface area contributed by atoms with Crippen LogP contribution in [0.2, 0.25) is 0 Å². The van der Waals surface area contributed by atoms with Gasteiger partial charge in [-0.3, -0.25) is 9.69 Å². The van der Waals surface area contributed by atoms with E-state index >= 15 is 0 Å². The highest BCUT2D eigenvalue weighted by molar-refractivity contribution is 6.10. The van der Waals surface area contributed by atoms with Crippen LogP contribution in [-0.2, 0) is 12.0 Å². The number of ketones is 1. The zero-order valence-corrected chi connectivity index (χ0v) is 14.7. The van der Waals surface area contributed by atoms with Gasteiger partial charge in [0.05, 0.1) is 0 Å². The lowest BCUT2D eigenvalue weighted by molar-refractivity contribution is -0.00844. The number of ether oxygens (including phenoxy) is 4. The van der Waals surface area contributed by atoms with E-state index in [0.29, 0.717) is 40.7 Å². The summed E-state index contributed by atoms with van der Waals surface area (Å²) >= 11 is 0. The summed E-state index contributed by atoms with van der Waals surface area (Å²) < 4.78 is 22.1. The molecule has 0 amide bonds. The standard InChI is InChI=1S/C20H17NO6/c1-21-5-4-10-6-14-15(26-8-25-14)7-12(10)20(21)18(22)11-2-3-13-17(27-9-24-13)16(11)19(20)23/h2-3,6-7,19,23H,4-5,8-9H2,1H3/t19-,20+/m0/s1. The largest absolute Gasteiger partial charge is 0.454 e. The van der Waals surface area contributed by atoms with Gasteiger partial charge in [-0.15, -0.1) is 0 Å². The highest BCUT2D eigenvalue weighted by Gasteiger charge is 2.60. The molecule has 138 valence electrons. The number of likely N-dealkylation sites (N-methyl/N-ethyl adjacent to an activating group) is 1. The molecule has 0 radical (unpaired) electrons. The molecule has 2 aromatic rings. The summed E-state index contributed by atoms with van der Waals surface area (Å²) in [6.07, 6.45) is -0.306. The number of carbonyl (C=O) groups is 1. The number of carbonyl (C=O) groups excluding carboxylic acids is 1. The van der Waals surface area contributed by atoms with Crippen LogP contribution in [0.15, 0.2) is 24.3 Å². The van der Waals surface area contributed by atoms with Gasteiger partial charge >= 0.3 is 0 Å². The van der Waals surface area contributed by atoms with Crippen LogP contribution in [0.25, 0.3) is 0 Å². The Labute approximate surface area is 155 Å². The molecule has 0 saturated heterocycles. The summed E-state index contributed by atoms with van der Waals surface area (Å²) in [6, 6.07) is 7.23. The predicted molar refractivity (Wildman–Crippen MR) is 92.4 cm³/mol. The molecule has 7 heteroatoms. The van der Waals surface area contributed by atoms with Crippen molar-refractivity contribution in [1.29, 1.82) is 0 Å². The van der Waals surface area contributed by atoms with Gasteiger partial charge in [-0.25, -0.2) is 0 Å². The van der Waals surface area contributed by atoms with Gasteiger partial charge < -0.3 is 24.1 Å². The fourth-order valence-electron chi connectivity index (χ4n) is 4.87. The molecule has 3 heterocycles. The predicted octanol–water partition coefficient (Wildman–Crippen LogP) is 1.76. The van der Waals surface area contributed by atoms with E-state index in [1.807, 2.05) is 24.1 Å². The van der Waals surface area contributed by atoms with Gasteiger partial charge in [-0.2, -0.15) is 0 Å². The number of aliphatic hydroxyl groups excluding tert-OH is 1. The first-order valence-corrected chi connectivity index (χ1v) is 8.92. The van der Waals surface area contributed by atoms with Crippen LogP contribution in [0.4, 0.5) is 0 Å². The third-order valence-corrected chi connectivity index (χ3v) is 6.17. The summed E-state index contributed by atoms with van der Waals surface area (Å²) in [7, 11) is 1.87. The Kier molecular flexibility index (Phi) is 2.80. The van der Waals surface area contributed by atoms with Gasteiger partial charge in [0.25, 0.3) is 0 Å². The Hall–Kier alpha value is -2.77. The summed E-state index contributed by atoms with van der Waals surface area (Å²) in [5, 5.41) is 11.5. The van der Waals surface area contributed by atoms with Crippen molar-refractivity contribution in [2.45, 2.75) is 18.1 Å². The second-order valence-electron chi connectivity index (χ2n) is 7.29. The van der Waals surface area contributed by atoms with Gasteiger partial charge in [0.1, 0.15) is 11.6 Å². The summed E-state index contributed by atoms with van der Waals surface area (Å²) in [5.41, 5.74) is 1.53. The molecule has 0 saturated carbocycles. The Morgan fingerprint density at radius 2 is 1.81 bits per heavy atom. The maximum Gasteiger partial charge on any atom is 0.231 e. The number of aliphatic hydroxyl groups is 1. The Bertz CT molecular complexity index is 1020. The third-order valence-electron chi connectivity index (χ3n) is 6.17. The SMILES string of the molecule is CN1CCc2cc3c(cc2[C@]12C(=O)c1ccc4c(c1[C@@H]2O)OCO4)OCO3. The van der Waals surface area contributed by atoms with Crippen LogP contribution in [0, 0.1) is 0 Å². The van der Waals surface area contributed by atoms with Crippen molar-refractivity contribution in [3.05, 3.63) is 46.5 Å². The Morgan fingerprint density at radius 1 is 1.07 bits per heavy atom. The second kappa shape index (κ2) is 4.94. The van der Waals surface area contributed by atoms with E-state index in [-0.39, 0.29) is 19.4 Å². The van der Waals surface area contributed by atoms with Gasteiger partial charge in [0.15, 0.2) is 28.8 Å². The molecule has 0 unspecified atom stereocenters. The van der Waals surface area contributed by atoms with Gasteiger partial charge in [0.2, 0.25) is 13.6 Å². The quantitative estimate of drug-likeness (QED) is 0.760. The van der Waals surface area contributed by atoms with Crippen LogP contribution in [0.3, 0.4) is 0 Å². The monoisotopic (exact) mass is 367 g/mol. The minimum Gasteiger partial charge on any atom is -0.454 e. The van der Waals surface area contributed by atoms with Crippen LogP contribution < -0.4 is 18.9 Å². The van der Waals surface area contributed by atoms with Crippen molar-refractivity contribution in [3.63, 3.8) is 0 Å². The lowest BCUT2D eigenvalue weighted by atomic mass is 9.76. The highest BCUT2D eigenvalue weighted by Crippen LogP contribution is 2.57. The van der Waals surface area contributed by atoms with E-state index in [9.17, 15) is 9.90 Å². The van der Waals surface area contributed by atoms with Gasteiger partial charge in [-0.1, -0.05) is 0 Å². The molecular formula is C20H17NO6. The second-order valence-corrected chi connectivity index (χ2v) is 7.29. The fourth-order valence-corrected chi connectivity index (χ4v) is 4.87. The van der Waals surface area contributed by atoms with E-state index in [4.69, 9.17) is 18.9 Å². The maximum atomic E-state index is 13.7. The third kappa shape index (κ3) is 1.67. The molecule has 1 aliphatic carbocycles. The van der Waals surface area contributed by atoms with E-state index in [1.165, 1.54) is 0 Å². The van der Waals surface area contributed by atoms with Gasteiger partial charge in [-0.05, 0) is 48.9 Å². The Morgan fingerprint density at radius 3 is 2.67 bits per heavy atom. The molecular weight excluding hydrogens is 350 g/mol. The average Bonchev–Trinajstić information content (AvgIpc) is 3.37. The molecule has 2 atom stereocenters. The number of rotatable bonds is 0. The van der Waals surface area contributed by atoms with E-state index in [0.717, 1.165) is 17.5 Å². The van der Waals surface area contributed by atoms with E-state index < -0.39 is 11.6 Å². The average molecular weight is 367 g/mol. The van der Waals surface area contributed by atoms with Crippen molar-refractivity contribution < 1.29 is 28.8 Å². The summed E-state index contributed by atoms with van der Waals surface area (Å²) in [6.45, 7) is 0.893. The first-order chi connectivity index (χ1) is 13.1. The summed E-state index contributed by atoms with van der Waals surface area (Å²) in [5.74, 6) is 2.17. The first kappa shape index (κ1) is 15.3. The van der Waals surface area contributed by atoms with E-state index in [2.05, 4.69) is 0 Å². The highest BCUT2D eigenvalue weighted by atomic mass is 16.7. The van der Waals surface area contributed by atoms with Crippen LogP contribution in [0.1, 0.15) is 33.2 Å². The van der Waals surface area contributed by atoms with Crippen molar-refractivity contribution in [2.75, 3.05) is 27.2 Å². The molecule has 2 aromatic carbocycles. The minimum atomic E-state index is -1.21. The van der Waals surface area contributed by atoms with Crippen molar-refractivity contribution in [1.82, 2.24) is 4.90 Å². The van der Waals surface area contributed by atoms with Crippen molar-refractivity contribution in [2.24, 2.45) is 0 Å². The minimum absolute atomic E-state index is 0.0881. The number of nitrogens with zero attached hydrogens (tertiary/aromatic N) is 1. The van der Waals surface area contributed by atoms with Crippen LogP contribution >= 0.6 is 0 Å².